The highest BCUT2D eigenvalue weighted by atomic mass is 79.9. The lowest BCUT2D eigenvalue weighted by molar-refractivity contribution is -0.131. The highest BCUT2D eigenvalue weighted by Gasteiger charge is 2.48. The van der Waals surface area contributed by atoms with Gasteiger partial charge < -0.3 is 14.8 Å². The van der Waals surface area contributed by atoms with Crippen LogP contribution in [0.25, 0.3) is 0 Å². The van der Waals surface area contributed by atoms with Crippen molar-refractivity contribution in [3.8, 4) is 11.5 Å². The summed E-state index contributed by atoms with van der Waals surface area (Å²) in [5, 5.41) is 3.35. The second-order valence-corrected chi connectivity index (χ2v) is 7.46. The molecule has 1 N–H and O–H groups in total. The molecule has 0 radical (unpaired) electrons. The summed E-state index contributed by atoms with van der Waals surface area (Å²) in [6.45, 7) is 1.96. The summed E-state index contributed by atoms with van der Waals surface area (Å²) in [7, 11) is 1.55. The van der Waals surface area contributed by atoms with Crippen molar-refractivity contribution >= 4 is 39.5 Å². The minimum Gasteiger partial charge on any atom is -0.497 e. The Morgan fingerprint density at radius 3 is 2.70 bits per heavy atom. The topological polar surface area (TPSA) is 67.9 Å². The van der Waals surface area contributed by atoms with Crippen LogP contribution in [-0.2, 0) is 10.3 Å². The first kappa shape index (κ1) is 19.5. The first-order valence-corrected chi connectivity index (χ1v) is 9.39. The molecule has 1 aliphatic heterocycles. The summed E-state index contributed by atoms with van der Waals surface area (Å²) in [5.41, 5.74) is -0.490. The summed E-state index contributed by atoms with van der Waals surface area (Å²) >= 11 is 9.27. The van der Waals surface area contributed by atoms with Gasteiger partial charge in [-0.1, -0.05) is 23.7 Å². The van der Waals surface area contributed by atoms with Crippen molar-refractivity contribution in [1.29, 1.82) is 0 Å². The average Bonchev–Trinajstić information content (AvgIpc) is 2.87. The van der Waals surface area contributed by atoms with Gasteiger partial charge in [0.2, 0.25) is 0 Å². The van der Waals surface area contributed by atoms with Gasteiger partial charge in [-0.05, 0) is 58.7 Å². The number of ether oxygens (including phenoxy) is 2. The Kier molecular flexibility index (Phi) is 5.62. The standard InChI is InChI=1S/C19H18BrClN2O4/c1-19(12-4-3-5-14(10-12)26-2)17(24)23(18(25)22-19)8-9-27-16-7-6-13(21)11-15(16)20/h3-7,10-11H,8-9H2,1-2H3,(H,22,25). The molecule has 0 bridgehead atoms. The Morgan fingerprint density at radius 2 is 2.00 bits per heavy atom. The van der Waals surface area contributed by atoms with Crippen molar-refractivity contribution in [1.82, 2.24) is 10.2 Å². The predicted octanol–water partition coefficient (Wildman–Crippen LogP) is 3.96. The zero-order valence-corrected chi connectivity index (χ0v) is 17.1. The first-order chi connectivity index (χ1) is 12.8. The quantitative estimate of drug-likeness (QED) is 0.672. The third kappa shape index (κ3) is 3.89. The highest BCUT2D eigenvalue weighted by Crippen LogP contribution is 2.31. The molecule has 0 aromatic heterocycles. The Labute approximate surface area is 170 Å². The summed E-state index contributed by atoms with van der Waals surface area (Å²) < 4.78 is 11.6. The molecule has 1 aliphatic rings. The minimum atomic E-state index is -1.15. The fraction of sp³-hybridized carbons (Fsp3) is 0.263. The van der Waals surface area contributed by atoms with E-state index in [0.29, 0.717) is 26.6 Å². The SMILES string of the molecule is COc1cccc(C2(C)NC(=O)N(CCOc3ccc(Cl)cc3Br)C2=O)c1. The highest BCUT2D eigenvalue weighted by molar-refractivity contribution is 9.10. The van der Waals surface area contributed by atoms with Crippen LogP contribution in [0.15, 0.2) is 46.9 Å². The van der Waals surface area contributed by atoms with Gasteiger partial charge in [0, 0.05) is 5.02 Å². The van der Waals surface area contributed by atoms with Gasteiger partial charge in [0.1, 0.15) is 23.6 Å². The molecule has 1 heterocycles. The molecule has 3 rings (SSSR count). The number of hydrogen-bond acceptors (Lipinski definition) is 4. The number of carbonyl (C=O) groups is 2. The molecule has 3 amide bonds. The minimum absolute atomic E-state index is 0.124. The van der Waals surface area contributed by atoms with E-state index < -0.39 is 11.6 Å². The van der Waals surface area contributed by atoms with Gasteiger partial charge in [0.25, 0.3) is 5.91 Å². The molecule has 1 fully saturated rings. The second kappa shape index (κ2) is 7.78. The van der Waals surface area contributed by atoms with E-state index in [-0.39, 0.29) is 19.1 Å². The molecule has 142 valence electrons. The number of urea groups is 1. The number of amides is 3. The average molecular weight is 454 g/mol. The smallest absolute Gasteiger partial charge is 0.325 e. The first-order valence-electron chi connectivity index (χ1n) is 8.21. The zero-order valence-electron chi connectivity index (χ0n) is 14.8. The van der Waals surface area contributed by atoms with Gasteiger partial charge in [-0.2, -0.15) is 0 Å². The maximum Gasteiger partial charge on any atom is 0.325 e. The second-order valence-electron chi connectivity index (χ2n) is 6.17. The number of nitrogens with zero attached hydrogens (tertiary/aromatic N) is 1. The molecule has 27 heavy (non-hydrogen) atoms. The molecule has 0 aliphatic carbocycles. The van der Waals surface area contributed by atoms with E-state index in [1.54, 1.807) is 56.5 Å². The number of halogens is 2. The Hall–Kier alpha value is -2.25. The summed E-state index contributed by atoms with van der Waals surface area (Å²) in [5.74, 6) is 0.867. The van der Waals surface area contributed by atoms with Crippen LogP contribution in [0.4, 0.5) is 4.79 Å². The molecule has 2 aromatic rings. The van der Waals surface area contributed by atoms with E-state index in [2.05, 4.69) is 21.2 Å². The molecule has 1 saturated heterocycles. The van der Waals surface area contributed by atoms with Crippen molar-refractivity contribution in [2.45, 2.75) is 12.5 Å². The van der Waals surface area contributed by atoms with E-state index in [1.807, 2.05) is 0 Å². The lowest BCUT2D eigenvalue weighted by Crippen LogP contribution is -2.41. The summed E-state index contributed by atoms with van der Waals surface area (Å²) in [6.07, 6.45) is 0. The van der Waals surface area contributed by atoms with E-state index in [1.165, 1.54) is 0 Å². The summed E-state index contributed by atoms with van der Waals surface area (Å²) in [4.78, 5) is 26.4. The van der Waals surface area contributed by atoms with Gasteiger partial charge in [-0.3, -0.25) is 9.69 Å². The lowest BCUT2D eigenvalue weighted by atomic mass is 9.92. The van der Waals surface area contributed by atoms with Crippen molar-refractivity contribution < 1.29 is 19.1 Å². The van der Waals surface area contributed by atoms with Gasteiger partial charge >= 0.3 is 6.03 Å². The monoisotopic (exact) mass is 452 g/mol. The van der Waals surface area contributed by atoms with Crippen LogP contribution in [0, 0.1) is 0 Å². The molecule has 8 heteroatoms. The van der Waals surface area contributed by atoms with E-state index in [0.717, 1.165) is 4.90 Å². The predicted molar refractivity (Wildman–Crippen MR) is 105 cm³/mol. The third-order valence-electron chi connectivity index (χ3n) is 4.39. The number of rotatable bonds is 6. The molecule has 2 aromatic carbocycles. The zero-order chi connectivity index (χ0) is 19.6. The number of methoxy groups -OCH3 is 1. The third-order valence-corrected chi connectivity index (χ3v) is 5.24. The molecule has 1 unspecified atom stereocenters. The number of nitrogens with one attached hydrogen (secondary N) is 1. The van der Waals surface area contributed by atoms with Gasteiger partial charge in [0.15, 0.2) is 0 Å². The van der Waals surface area contributed by atoms with Crippen LogP contribution >= 0.6 is 27.5 Å². The van der Waals surface area contributed by atoms with Crippen LogP contribution in [0.1, 0.15) is 12.5 Å². The van der Waals surface area contributed by atoms with E-state index in [9.17, 15) is 9.59 Å². The fourth-order valence-electron chi connectivity index (χ4n) is 2.87. The van der Waals surface area contributed by atoms with Gasteiger partial charge in [-0.25, -0.2) is 4.79 Å². The molecule has 1 atom stereocenters. The largest absolute Gasteiger partial charge is 0.497 e. The maximum atomic E-state index is 12.9. The fourth-order valence-corrected chi connectivity index (χ4v) is 3.67. The van der Waals surface area contributed by atoms with Crippen LogP contribution in [-0.4, -0.2) is 37.1 Å². The van der Waals surface area contributed by atoms with Crippen LogP contribution in [0.2, 0.25) is 5.02 Å². The van der Waals surface area contributed by atoms with E-state index >= 15 is 0 Å². The molecule has 6 nitrogen and oxygen atoms in total. The van der Waals surface area contributed by atoms with Crippen LogP contribution < -0.4 is 14.8 Å². The van der Waals surface area contributed by atoms with Gasteiger partial charge in [0.05, 0.1) is 18.1 Å². The number of hydrogen-bond donors (Lipinski definition) is 1. The van der Waals surface area contributed by atoms with Crippen molar-refractivity contribution in [3.05, 3.63) is 57.5 Å². The van der Waals surface area contributed by atoms with Crippen molar-refractivity contribution in [3.63, 3.8) is 0 Å². The molecular weight excluding hydrogens is 436 g/mol. The maximum absolute atomic E-state index is 12.9. The Bertz CT molecular complexity index is 892. The van der Waals surface area contributed by atoms with Crippen molar-refractivity contribution in [2.24, 2.45) is 0 Å². The normalized spacial score (nSPS) is 19.2. The number of carbonyl (C=O) groups excluding carboxylic acids is 2. The number of imide groups is 1. The number of benzene rings is 2. The van der Waals surface area contributed by atoms with Crippen LogP contribution in [0.3, 0.4) is 0 Å². The van der Waals surface area contributed by atoms with Crippen LogP contribution in [0.5, 0.6) is 11.5 Å². The Balaban J connectivity index is 1.70. The lowest BCUT2D eigenvalue weighted by Gasteiger charge is -2.22. The molecule has 0 spiro atoms. The van der Waals surface area contributed by atoms with E-state index in [4.69, 9.17) is 21.1 Å². The van der Waals surface area contributed by atoms with Crippen molar-refractivity contribution in [2.75, 3.05) is 20.3 Å². The molecule has 0 saturated carbocycles. The Morgan fingerprint density at radius 1 is 1.22 bits per heavy atom. The summed E-state index contributed by atoms with van der Waals surface area (Å²) in [6, 6.07) is 11.8. The van der Waals surface area contributed by atoms with Gasteiger partial charge in [-0.15, -0.1) is 0 Å². The molecular formula is C19H18BrClN2O4.